The summed E-state index contributed by atoms with van der Waals surface area (Å²) < 4.78 is 0. The van der Waals surface area contributed by atoms with Crippen LogP contribution in [0.2, 0.25) is 5.02 Å². The Morgan fingerprint density at radius 1 is 0.897 bits per heavy atom. The lowest BCUT2D eigenvalue weighted by molar-refractivity contribution is 0.101. The molecule has 3 aromatic rings. The highest BCUT2D eigenvalue weighted by Crippen LogP contribution is 2.46. The van der Waals surface area contributed by atoms with Gasteiger partial charge in [-0.3, -0.25) is 4.79 Å². The summed E-state index contributed by atoms with van der Waals surface area (Å²) in [7, 11) is 0. The van der Waals surface area contributed by atoms with Gasteiger partial charge in [-0.05, 0) is 60.7 Å². The molecule has 1 aliphatic carbocycles. The average molecular weight is 405 g/mol. The summed E-state index contributed by atoms with van der Waals surface area (Å²) in [5.41, 5.74) is 3.93. The maximum Gasteiger partial charge on any atom is 0.319 e. The number of amides is 2. The molecule has 0 aliphatic heterocycles. The Labute approximate surface area is 174 Å². The molecule has 0 heterocycles. The van der Waals surface area contributed by atoms with Crippen LogP contribution in [0.1, 0.15) is 35.7 Å². The van der Waals surface area contributed by atoms with Crippen LogP contribution in [0.3, 0.4) is 0 Å². The number of halogens is 1. The predicted octanol–water partition coefficient (Wildman–Crippen LogP) is 6.02. The Kier molecular flexibility index (Phi) is 5.12. The highest BCUT2D eigenvalue weighted by Gasteiger charge is 2.45. The maximum atomic E-state index is 12.6. The van der Waals surface area contributed by atoms with E-state index in [1.165, 1.54) is 6.92 Å². The molecule has 0 atom stereocenters. The average Bonchev–Trinajstić information content (AvgIpc) is 3.50. The van der Waals surface area contributed by atoms with Crippen molar-refractivity contribution in [3.05, 3.63) is 88.9 Å². The van der Waals surface area contributed by atoms with Crippen LogP contribution in [-0.2, 0) is 5.54 Å². The van der Waals surface area contributed by atoms with Crippen LogP contribution in [0, 0.1) is 0 Å². The fraction of sp³-hybridized carbons (Fsp3) is 0.167. The van der Waals surface area contributed by atoms with Gasteiger partial charge in [0.1, 0.15) is 0 Å². The lowest BCUT2D eigenvalue weighted by Gasteiger charge is -2.19. The molecule has 5 heteroatoms. The van der Waals surface area contributed by atoms with E-state index in [2.05, 4.69) is 41.0 Å². The lowest BCUT2D eigenvalue weighted by atomic mass is 9.98. The fourth-order valence-electron chi connectivity index (χ4n) is 3.49. The van der Waals surface area contributed by atoms with Gasteiger partial charge in [0.25, 0.3) is 0 Å². The molecule has 4 rings (SSSR count). The number of hydrogen-bond donors (Lipinski definition) is 2. The Morgan fingerprint density at radius 2 is 1.62 bits per heavy atom. The van der Waals surface area contributed by atoms with E-state index in [-0.39, 0.29) is 17.4 Å². The third-order valence-electron chi connectivity index (χ3n) is 5.23. The van der Waals surface area contributed by atoms with Crippen LogP contribution in [0.5, 0.6) is 0 Å². The number of ketones is 1. The van der Waals surface area contributed by atoms with Crippen LogP contribution >= 0.6 is 11.6 Å². The van der Waals surface area contributed by atoms with Crippen molar-refractivity contribution in [3.63, 3.8) is 0 Å². The first kappa shape index (κ1) is 19.2. The van der Waals surface area contributed by atoms with Crippen LogP contribution in [0.4, 0.5) is 10.5 Å². The largest absolute Gasteiger partial charge is 0.328 e. The molecule has 0 radical (unpaired) electrons. The topological polar surface area (TPSA) is 58.2 Å². The molecule has 146 valence electrons. The van der Waals surface area contributed by atoms with Gasteiger partial charge in [-0.2, -0.15) is 0 Å². The van der Waals surface area contributed by atoms with Crippen molar-refractivity contribution < 1.29 is 9.59 Å². The van der Waals surface area contributed by atoms with Gasteiger partial charge in [-0.25, -0.2) is 4.79 Å². The minimum atomic E-state index is -0.356. The van der Waals surface area contributed by atoms with E-state index in [9.17, 15) is 9.59 Å². The van der Waals surface area contributed by atoms with Gasteiger partial charge < -0.3 is 10.6 Å². The zero-order valence-corrected chi connectivity index (χ0v) is 16.8. The molecule has 1 fully saturated rings. The van der Waals surface area contributed by atoms with Crippen molar-refractivity contribution in [1.29, 1.82) is 0 Å². The van der Waals surface area contributed by atoms with E-state index in [4.69, 9.17) is 11.6 Å². The zero-order valence-electron chi connectivity index (χ0n) is 16.0. The first-order chi connectivity index (χ1) is 14.0. The van der Waals surface area contributed by atoms with E-state index in [0.717, 1.165) is 29.5 Å². The van der Waals surface area contributed by atoms with E-state index in [0.29, 0.717) is 16.3 Å². The van der Waals surface area contributed by atoms with E-state index in [1.807, 2.05) is 24.3 Å². The second-order valence-electron chi connectivity index (χ2n) is 7.36. The molecule has 4 nitrogen and oxygen atoms in total. The predicted molar refractivity (Wildman–Crippen MR) is 116 cm³/mol. The summed E-state index contributed by atoms with van der Waals surface area (Å²) in [6.07, 6.45) is 1.77. The maximum absolute atomic E-state index is 12.6. The zero-order chi connectivity index (χ0) is 20.4. The molecule has 0 bridgehead atoms. The van der Waals surface area contributed by atoms with Gasteiger partial charge in [-0.1, -0.05) is 60.1 Å². The molecule has 1 saturated carbocycles. The van der Waals surface area contributed by atoms with Gasteiger partial charge in [-0.15, -0.1) is 0 Å². The molecule has 0 unspecified atom stereocenters. The molecule has 0 spiro atoms. The molecule has 2 N–H and O–H groups in total. The quantitative estimate of drug-likeness (QED) is 0.511. The summed E-state index contributed by atoms with van der Waals surface area (Å²) >= 11 is 6.04. The Hall–Kier alpha value is -3.11. The monoisotopic (exact) mass is 404 g/mol. The third kappa shape index (κ3) is 4.17. The number of Topliss-reactive ketones (excluding diaryl/α,β-unsaturated/α-hetero) is 1. The van der Waals surface area contributed by atoms with Crippen LogP contribution in [0.25, 0.3) is 11.1 Å². The SMILES string of the molecule is CC(=O)c1cc(NC(=O)NC2(c3cccc(-c4ccccc4)c3)CC2)ccc1Cl. The standard InChI is InChI=1S/C24H21ClN2O2/c1-16(28)21-15-20(10-11-22(21)25)26-23(29)27-24(12-13-24)19-9-5-8-18(14-19)17-6-3-2-4-7-17/h2-11,14-15H,12-13H2,1H3,(H2,26,27,29). The summed E-state index contributed by atoms with van der Waals surface area (Å²) in [5, 5.41) is 6.30. The molecule has 0 saturated heterocycles. The highest BCUT2D eigenvalue weighted by atomic mass is 35.5. The van der Waals surface area contributed by atoms with Gasteiger partial charge in [0.2, 0.25) is 0 Å². The number of anilines is 1. The smallest absolute Gasteiger partial charge is 0.319 e. The Bertz CT molecular complexity index is 1080. The highest BCUT2D eigenvalue weighted by molar-refractivity contribution is 6.34. The number of carbonyl (C=O) groups excluding carboxylic acids is 2. The summed E-state index contributed by atoms with van der Waals surface area (Å²) in [6.45, 7) is 1.45. The van der Waals surface area contributed by atoms with E-state index >= 15 is 0 Å². The first-order valence-electron chi connectivity index (χ1n) is 9.52. The summed E-state index contributed by atoms with van der Waals surface area (Å²) in [4.78, 5) is 24.3. The molecular weight excluding hydrogens is 384 g/mol. The van der Waals surface area contributed by atoms with E-state index in [1.54, 1.807) is 18.2 Å². The Morgan fingerprint density at radius 3 is 2.31 bits per heavy atom. The van der Waals surface area contributed by atoms with Crippen molar-refractivity contribution in [1.82, 2.24) is 5.32 Å². The molecule has 1 aliphatic rings. The van der Waals surface area contributed by atoms with Crippen molar-refractivity contribution in [2.75, 3.05) is 5.32 Å². The number of hydrogen-bond acceptors (Lipinski definition) is 2. The number of nitrogens with one attached hydrogen (secondary N) is 2. The summed E-state index contributed by atoms with van der Waals surface area (Å²) in [5.74, 6) is -0.143. The van der Waals surface area contributed by atoms with Gasteiger partial charge in [0, 0.05) is 11.3 Å². The second kappa shape index (κ2) is 7.72. The van der Waals surface area contributed by atoms with Crippen molar-refractivity contribution in [3.8, 4) is 11.1 Å². The number of carbonyl (C=O) groups is 2. The van der Waals surface area contributed by atoms with Crippen molar-refractivity contribution >= 4 is 29.1 Å². The second-order valence-corrected chi connectivity index (χ2v) is 7.77. The minimum absolute atomic E-state index is 0.143. The van der Waals surface area contributed by atoms with Crippen LogP contribution < -0.4 is 10.6 Å². The summed E-state index contributed by atoms with van der Waals surface area (Å²) in [6, 6.07) is 23.1. The Balaban J connectivity index is 1.51. The van der Waals surface area contributed by atoms with Crippen molar-refractivity contribution in [2.45, 2.75) is 25.3 Å². The van der Waals surface area contributed by atoms with Crippen LogP contribution in [-0.4, -0.2) is 11.8 Å². The fourth-order valence-corrected chi connectivity index (χ4v) is 3.74. The molecule has 2 amide bonds. The van der Waals surface area contributed by atoms with Gasteiger partial charge in [0.05, 0.1) is 10.6 Å². The van der Waals surface area contributed by atoms with E-state index < -0.39 is 0 Å². The molecule has 0 aromatic heterocycles. The number of rotatable bonds is 5. The normalized spacial score (nSPS) is 14.1. The lowest BCUT2D eigenvalue weighted by Crippen LogP contribution is -2.38. The third-order valence-corrected chi connectivity index (χ3v) is 5.56. The van der Waals surface area contributed by atoms with Gasteiger partial charge >= 0.3 is 6.03 Å². The molecular formula is C24H21ClN2O2. The molecule has 3 aromatic carbocycles. The molecule has 29 heavy (non-hydrogen) atoms. The number of benzene rings is 3. The number of urea groups is 1. The van der Waals surface area contributed by atoms with Crippen LogP contribution in [0.15, 0.2) is 72.8 Å². The van der Waals surface area contributed by atoms with Crippen molar-refractivity contribution in [2.24, 2.45) is 0 Å². The van der Waals surface area contributed by atoms with Gasteiger partial charge in [0.15, 0.2) is 5.78 Å². The minimum Gasteiger partial charge on any atom is -0.328 e. The first-order valence-corrected chi connectivity index (χ1v) is 9.90.